The van der Waals surface area contributed by atoms with Crippen LogP contribution in [0.1, 0.15) is 26.2 Å². The Hall–Kier alpha value is -0.160. The van der Waals surface area contributed by atoms with Gasteiger partial charge in [-0.05, 0) is 19.4 Å². The molecular formula is C11H22N2O2. The zero-order chi connectivity index (χ0) is 10.7. The number of nitrogens with two attached hydrogens (primary N) is 1. The van der Waals surface area contributed by atoms with Gasteiger partial charge in [0.25, 0.3) is 0 Å². The van der Waals surface area contributed by atoms with Gasteiger partial charge < -0.3 is 15.2 Å². The van der Waals surface area contributed by atoms with Crippen LogP contribution >= 0.6 is 0 Å². The van der Waals surface area contributed by atoms with Crippen LogP contribution in [-0.4, -0.2) is 49.6 Å². The Morgan fingerprint density at radius 3 is 2.73 bits per heavy atom. The molecule has 0 aromatic heterocycles. The number of hydrogen-bond donors (Lipinski definition) is 1. The summed E-state index contributed by atoms with van der Waals surface area (Å²) < 4.78 is 11.5. The summed E-state index contributed by atoms with van der Waals surface area (Å²) in [5.74, 6) is -0.305. The Kier molecular flexibility index (Phi) is 3.61. The van der Waals surface area contributed by atoms with Gasteiger partial charge in [0, 0.05) is 19.0 Å². The summed E-state index contributed by atoms with van der Waals surface area (Å²) in [4.78, 5) is 2.43. The molecule has 0 radical (unpaired) electrons. The molecule has 0 aromatic carbocycles. The fourth-order valence-corrected chi connectivity index (χ4v) is 2.64. The Morgan fingerprint density at radius 1 is 1.40 bits per heavy atom. The number of nitrogens with zero attached hydrogens (tertiary/aromatic N) is 1. The third kappa shape index (κ3) is 2.33. The van der Waals surface area contributed by atoms with Crippen LogP contribution in [0.25, 0.3) is 0 Å². The molecule has 2 saturated heterocycles. The predicted molar refractivity (Wildman–Crippen MR) is 58.6 cm³/mol. The molecule has 0 saturated carbocycles. The molecule has 2 rings (SSSR count). The monoisotopic (exact) mass is 214 g/mol. The van der Waals surface area contributed by atoms with Gasteiger partial charge in [0.2, 0.25) is 0 Å². The van der Waals surface area contributed by atoms with Crippen molar-refractivity contribution in [3.05, 3.63) is 0 Å². The second-order valence-corrected chi connectivity index (χ2v) is 4.48. The largest absolute Gasteiger partial charge is 0.346 e. The smallest absolute Gasteiger partial charge is 0.181 e. The van der Waals surface area contributed by atoms with Gasteiger partial charge in [-0.1, -0.05) is 6.92 Å². The quantitative estimate of drug-likeness (QED) is 0.746. The van der Waals surface area contributed by atoms with Crippen LogP contribution in [0, 0.1) is 0 Å². The SMILES string of the molecule is CCC(CN)N1CCCC2(C1)OCCO2. The average molecular weight is 214 g/mol. The second-order valence-electron chi connectivity index (χ2n) is 4.48. The normalized spacial score (nSPS) is 28.4. The third-order valence-electron chi connectivity index (χ3n) is 3.52. The highest BCUT2D eigenvalue weighted by Gasteiger charge is 2.41. The minimum atomic E-state index is -0.305. The van der Waals surface area contributed by atoms with Crippen molar-refractivity contribution in [3.8, 4) is 0 Å². The minimum Gasteiger partial charge on any atom is -0.346 e. The zero-order valence-corrected chi connectivity index (χ0v) is 9.58. The summed E-state index contributed by atoms with van der Waals surface area (Å²) in [7, 11) is 0. The molecule has 15 heavy (non-hydrogen) atoms. The fourth-order valence-electron chi connectivity index (χ4n) is 2.64. The molecule has 1 spiro atoms. The van der Waals surface area contributed by atoms with Gasteiger partial charge in [0.05, 0.1) is 19.8 Å². The van der Waals surface area contributed by atoms with E-state index in [0.29, 0.717) is 6.04 Å². The van der Waals surface area contributed by atoms with Crippen LogP contribution in [0.4, 0.5) is 0 Å². The molecule has 2 aliphatic rings. The Bertz CT molecular complexity index is 201. The molecule has 0 bridgehead atoms. The first-order valence-corrected chi connectivity index (χ1v) is 6.02. The molecule has 4 nitrogen and oxygen atoms in total. The standard InChI is InChI=1S/C11H22N2O2/c1-2-10(8-12)13-5-3-4-11(9-13)14-6-7-15-11/h10H,2-9,12H2,1H3. The van der Waals surface area contributed by atoms with Gasteiger partial charge >= 0.3 is 0 Å². The minimum absolute atomic E-state index is 0.305. The molecule has 1 unspecified atom stereocenters. The van der Waals surface area contributed by atoms with Crippen LogP contribution < -0.4 is 5.73 Å². The molecule has 0 aliphatic carbocycles. The zero-order valence-electron chi connectivity index (χ0n) is 9.58. The number of likely N-dealkylation sites (tertiary alicyclic amines) is 1. The van der Waals surface area contributed by atoms with E-state index in [2.05, 4.69) is 11.8 Å². The van der Waals surface area contributed by atoms with Gasteiger partial charge in [-0.2, -0.15) is 0 Å². The first-order chi connectivity index (χ1) is 7.29. The highest BCUT2D eigenvalue weighted by Crippen LogP contribution is 2.31. The van der Waals surface area contributed by atoms with Crippen molar-refractivity contribution >= 4 is 0 Å². The first kappa shape index (κ1) is 11.3. The van der Waals surface area contributed by atoms with E-state index < -0.39 is 0 Å². The third-order valence-corrected chi connectivity index (χ3v) is 3.52. The van der Waals surface area contributed by atoms with Crippen molar-refractivity contribution in [1.29, 1.82) is 0 Å². The highest BCUT2D eigenvalue weighted by atomic mass is 16.7. The molecule has 4 heteroatoms. The Labute approximate surface area is 91.7 Å². The molecule has 2 fully saturated rings. The van der Waals surface area contributed by atoms with Crippen molar-refractivity contribution in [2.24, 2.45) is 5.73 Å². The molecule has 1 atom stereocenters. The van der Waals surface area contributed by atoms with Crippen LogP contribution in [0.5, 0.6) is 0 Å². The van der Waals surface area contributed by atoms with Gasteiger partial charge in [0.15, 0.2) is 5.79 Å². The van der Waals surface area contributed by atoms with E-state index in [4.69, 9.17) is 15.2 Å². The van der Waals surface area contributed by atoms with Crippen LogP contribution in [-0.2, 0) is 9.47 Å². The summed E-state index contributed by atoms with van der Waals surface area (Å²) in [6.07, 6.45) is 3.29. The van der Waals surface area contributed by atoms with Gasteiger partial charge in [0.1, 0.15) is 0 Å². The topological polar surface area (TPSA) is 47.7 Å². The summed E-state index contributed by atoms with van der Waals surface area (Å²) >= 11 is 0. The van der Waals surface area contributed by atoms with Crippen molar-refractivity contribution in [3.63, 3.8) is 0 Å². The fraction of sp³-hybridized carbons (Fsp3) is 1.00. The number of hydrogen-bond acceptors (Lipinski definition) is 4. The second kappa shape index (κ2) is 4.78. The van der Waals surface area contributed by atoms with E-state index >= 15 is 0 Å². The summed E-state index contributed by atoms with van der Waals surface area (Å²) in [6, 6.07) is 0.481. The molecular weight excluding hydrogens is 192 g/mol. The molecule has 88 valence electrons. The maximum absolute atomic E-state index is 5.78. The first-order valence-electron chi connectivity index (χ1n) is 6.02. The number of rotatable bonds is 3. The lowest BCUT2D eigenvalue weighted by Gasteiger charge is -2.41. The van der Waals surface area contributed by atoms with Crippen molar-refractivity contribution in [1.82, 2.24) is 4.90 Å². The van der Waals surface area contributed by atoms with E-state index in [1.165, 1.54) is 0 Å². The maximum Gasteiger partial charge on any atom is 0.181 e. The predicted octanol–water partition coefficient (Wildman–Crippen LogP) is 0.563. The van der Waals surface area contributed by atoms with Crippen molar-refractivity contribution in [2.45, 2.75) is 38.0 Å². The molecule has 2 aliphatic heterocycles. The van der Waals surface area contributed by atoms with Crippen molar-refractivity contribution in [2.75, 3.05) is 32.8 Å². The lowest BCUT2D eigenvalue weighted by molar-refractivity contribution is -0.193. The van der Waals surface area contributed by atoms with Crippen LogP contribution in [0.2, 0.25) is 0 Å². The number of ether oxygens (including phenoxy) is 2. The highest BCUT2D eigenvalue weighted by molar-refractivity contribution is 4.87. The average Bonchev–Trinajstić information content (AvgIpc) is 2.68. The maximum atomic E-state index is 5.78. The molecule has 0 amide bonds. The van der Waals surface area contributed by atoms with Crippen LogP contribution in [0.15, 0.2) is 0 Å². The lowest BCUT2D eigenvalue weighted by Crippen LogP contribution is -2.54. The van der Waals surface area contributed by atoms with Gasteiger partial charge in [-0.3, -0.25) is 4.90 Å². The number of piperidine rings is 1. The van der Waals surface area contributed by atoms with E-state index in [-0.39, 0.29) is 5.79 Å². The Morgan fingerprint density at radius 2 is 2.13 bits per heavy atom. The summed E-state index contributed by atoms with van der Waals surface area (Å²) in [6.45, 7) is 6.43. The lowest BCUT2D eigenvalue weighted by atomic mass is 10.0. The van der Waals surface area contributed by atoms with Crippen molar-refractivity contribution < 1.29 is 9.47 Å². The molecule has 0 aromatic rings. The van der Waals surface area contributed by atoms with Gasteiger partial charge in [-0.25, -0.2) is 0 Å². The summed E-state index contributed by atoms with van der Waals surface area (Å²) in [5.41, 5.74) is 5.78. The molecule has 2 heterocycles. The van der Waals surface area contributed by atoms with E-state index in [1.807, 2.05) is 0 Å². The summed E-state index contributed by atoms with van der Waals surface area (Å²) in [5, 5.41) is 0. The van der Waals surface area contributed by atoms with E-state index in [1.54, 1.807) is 0 Å². The van der Waals surface area contributed by atoms with E-state index in [9.17, 15) is 0 Å². The van der Waals surface area contributed by atoms with Crippen LogP contribution in [0.3, 0.4) is 0 Å². The molecule has 2 N–H and O–H groups in total. The van der Waals surface area contributed by atoms with Gasteiger partial charge in [-0.15, -0.1) is 0 Å². The Balaban J connectivity index is 1.96. The van der Waals surface area contributed by atoms with E-state index in [0.717, 1.165) is 52.1 Å².